The van der Waals surface area contributed by atoms with E-state index in [1.165, 1.54) is 0 Å². The van der Waals surface area contributed by atoms with E-state index in [0.717, 1.165) is 5.52 Å². The van der Waals surface area contributed by atoms with Crippen LogP contribution in [0.4, 0.5) is 6.01 Å². The minimum Gasteiger partial charge on any atom is -0.464 e. The molecular weight excluding hydrogens is 378 g/mol. The van der Waals surface area contributed by atoms with Gasteiger partial charge in [0.05, 0.1) is 13.2 Å². The lowest BCUT2D eigenvalue weighted by atomic mass is 9.96. The van der Waals surface area contributed by atoms with E-state index < -0.39 is 18.0 Å². The number of nitrogens with zero attached hydrogens (tertiary/aromatic N) is 2. The number of carbonyl (C=O) groups is 3. The molecule has 0 spiro atoms. The van der Waals surface area contributed by atoms with Gasteiger partial charge in [0.2, 0.25) is 11.9 Å². The number of benzene rings is 1. The Bertz CT molecular complexity index is 821. The van der Waals surface area contributed by atoms with Gasteiger partial charge in [0.1, 0.15) is 5.52 Å². The summed E-state index contributed by atoms with van der Waals surface area (Å²) in [5, 5.41) is 2.49. The summed E-state index contributed by atoms with van der Waals surface area (Å²) < 4.78 is 15.5. The van der Waals surface area contributed by atoms with Crippen LogP contribution in [-0.4, -0.2) is 55.2 Å². The number of esters is 2. The van der Waals surface area contributed by atoms with Crippen LogP contribution in [0.3, 0.4) is 0 Å². The Labute approximate surface area is 168 Å². The van der Waals surface area contributed by atoms with Crippen LogP contribution in [0.2, 0.25) is 0 Å². The topological polar surface area (TPSA) is 111 Å². The van der Waals surface area contributed by atoms with E-state index in [0.29, 0.717) is 37.5 Å². The number of fused-ring (bicyclic) bond motifs is 1. The number of hydrogen-bond donors (Lipinski definition) is 1. The van der Waals surface area contributed by atoms with Gasteiger partial charge in [0, 0.05) is 19.0 Å². The fourth-order valence-electron chi connectivity index (χ4n) is 3.25. The van der Waals surface area contributed by atoms with Crippen molar-refractivity contribution in [2.75, 3.05) is 31.2 Å². The smallest absolute Gasteiger partial charge is 0.340 e. The second kappa shape index (κ2) is 9.40. The fourth-order valence-corrected chi connectivity index (χ4v) is 3.25. The number of carbonyl (C=O) groups excluding carboxylic acids is 3. The molecule has 1 fully saturated rings. The van der Waals surface area contributed by atoms with E-state index in [4.69, 9.17) is 13.9 Å². The summed E-state index contributed by atoms with van der Waals surface area (Å²) >= 11 is 0. The van der Waals surface area contributed by atoms with Crippen LogP contribution < -0.4 is 10.2 Å². The zero-order valence-electron chi connectivity index (χ0n) is 16.6. The summed E-state index contributed by atoms with van der Waals surface area (Å²) in [6, 6.07) is 6.61. The third-order valence-electron chi connectivity index (χ3n) is 4.75. The van der Waals surface area contributed by atoms with Crippen LogP contribution in [-0.2, 0) is 23.9 Å². The monoisotopic (exact) mass is 403 g/mol. The first-order valence-corrected chi connectivity index (χ1v) is 9.77. The number of amides is 1. The molecule has 0 radical (unpaired) electrons. The standard InChI is InChI=1S/C20H25N3O6/c1-3-27-18(25)16(19(26)28-4-2)22-17(24)13-9-11-23(12-10-13)20-21-14-7-5-6-8-15(14)29-20/h5-8,13,16H,3-4,9-12H2,1-2H3,(H,22,24). The van der Waals surface area contributed by atoms with E-state index in [-0.39, 0.29) is 25.0 Å². The predicted molar refractivity (Wildman–Crippen MR) is 104 cm³/mol. The molecule has 9 heteroatoms. The van der Waals surface area contributed by atoms with Crippen molar-refractivity contribution in [3.63, 3.8) is 0 Å². The maximum Gasteiger partial charge on any atom is 0.340 e. The van der Waals surface area contributed by atoms with Crippen molar-refractivity contribution < 1.29 is 28.3 Å². The van der Waals surface area contributed by atoms with Crippen molar-refractivity contribution in [1.82, 2.24) is 10.3 Å². The van der Waals surface area contributed by atoms with E-state index >= 15 is 0 Å². The highest BCUT2D eigenvalue weighted by Gasteiger charge is 2.35. The van der Waals surface area contributed by atoms with Gasteiger partial charge in [-0.15, -0.1) is 0 Å². The number of piperidine rings is 1. The average Bonchev–Trinajstić information content (AvgIpc) is 3.16. The predicted octanol–water partition coefficient (Wildman–Crippen LogP) is 1.66. The molecule has 1 aromatic heterocycles. The van der Waals surface area contributed by atoms with Gasteiger partial charge in [-0.3, -0.25) is 4.79 Å². The molecule has 29 heavy (non-hydrogen) atoms. The van der Waals surface area contributed by atoms with Crippen molar-refractivity contribution in [2.45, 2.75) is 32.7 Å². The van der Waals surface area contributed by atoms with Crippen molar-refractivity contribution in [3.05, 3.63) is 24.3 Å². The van der Waals surface area contributed by atoms with E-state index in [1.54, 1.807) is 13.8 Å². The molecule has 0 atom stereocenters. The number of nitrogens with one attached hydrogen (secondary N) is 1. The molecule has 9 nitrogen and oxygen atoms in total. The second-order valence-electron chi connectivity index (χ2n) is 6.67. The number of para-hydroxylation sites is 2. The van der Waals surface area contributed by atoms with Gasteiger partial charge in [-0.25, -0.2) is 9.59 Å². The second-order valence-corrected chi connectivity index (χ2v) is 6.67. The largest absolute Gasteiger partial charge is 0.464 e. The Hall–Kier alpha value is -3.10. The normalized spacial score (nSPS) is 14.8. The molecule has 0 aliphatic carbocycles. The Balaban J connectivity index is 1.59. The zero-order valence-corrected chi connectivity index (χ0v) is 16.6. The van der Waals surface area contributed by atoms with Crippen molar-refractivity contribution >= 4 is 35.0 Å². The third kappa shape index (κ3) is 4.85. The number of hydrogen-bond acceptors (Lipinski definition) is 8. The fraction of sp³-hybridized carbons (Fsp3) is 0.500. The summed E-state index contributed by atoms with van der Waals surface area (Å²) in [7, 11) is 0. The summed E-state index contributed by atoms with van der Waals surface area (Å²) in [6.45, 7) is 4.62. The number of ether oxygens (including phenoxy) is 2. The van der Waals surface area contributed by atoms with Crippen LogP contribution in [0.5, 0.6) is 0 Å². The SMILES string of the molecule is CCOC(=O)C(NC(=O)C1CCN(c2nc3ccccc3o2)CC1)C(=O)OCC. The van der Waals surface area contributed by atoms with Crippen LogP contribution in [0.1, 0.15) is 26.7 Å². The Morgan fingerprint density at radius 2 is 1.76 bits per heavy atom. The molecule has 0 saturated carbocycles. The summed E-state index contributed by atoms with van der Waals surface area (Å²) in [5.74, 6) is -2.33. The highest BCUT2D eigenvalue weighted by molar-refractivity contribution is 6.02. The summed E-state index contributed by atoms with van der Waals surface area (Å²) in [4.78, 5) is 43.2. The number of aromatic nitrogens is 1. The lowest BCUT2D eigenvalue weighted by Crippen LogP contribution is -2.51. The van der Waals surface area contributed by atoms with Gasteiger partial charge in [-0.1, -0.05) is 12.1 Å². The molecule has 1 N–H and O–H groups in total. The van der Waals surface area contributed by atoms with Gasteiger partial charge in [0.25, 0.3) is 6.01 Å². The molecule has 0 bridgehead atoms. The van der Waals surface area contributed by atoms with E-state index in [1.807, 2.05) is 29.2 Å². The number of rotatable bonds is 7. The highest BCUT2D eigenvalue weighted by Crippen LogP contribution is 2.26. The minimum absolute atomic E-state index is 0.105. The van der Waals surface area contributed by atoms with Gasteiger partial charge in [-0.2, -0.15) is 4.98 Å². The zero-order chi connectivity index (χ0) is 20.8. The van der Waals surface area contributed by atoms with Crippen LogP contribution in [0, 0.1) is 5.92 Å². The molecule has 1 amide bonds. The molecule has 0 unspecified atom stereocenters. The first-order chi connectivity index (χ1) is 14.0. The molecule has 1 aliphatic rings. The van der Waals surface area contributed by atoms with Crippen LogP contribution >= 0.6 is 0 Å². The lowest BCUT2D eigenvalue weighted by Gasteiger charge is -2.30. The van der Waals surface area contributed by atoms with Crippen LogP contribution in [0.15, 0.2) is 28.7 Å². The van der Waals surface area contributed by atoms with E-state index in [9.17, 15) is 14.4 Å². The quantitative estimate of drug-likeness (QED) is 0.549. The first kappa shape index (κ1) is 20.6. The lowest BCUT2D eigenvalue weighted by molar-refractivity contribution is -0.160. The molecular formula is C20H25N3O6. The Morgan fingerprint density at radius 3 is 2.34 bits per heavy atom. The van der Waals surface area contributed by atoms with Crippen molar-refractivity contribution in [2.24, 2.45) is 5.92 Å². The Morgan fingerprint density at radius 1 is 1.14 bits per heavy atom. The molecule has 2 aromatic rings. The van der Waals surface area contributed by atoms with Crippen LogP contribution in [0.25, 0.3) is 11.1 Å². The van der Waals surface area contributed by atoms with E-state index in [2.05, 4.69) is 10.3 Å². The maximum absolute atomic E-state index is 12.6. The molecule has 156 valence electrons. The van der Waals surface area contributed by atoms with Crippen molar-refractivity contribution in [3.8, 4) is 0 Å². The molecule has 1 aliphatic heterocycles. The number of oxazole rings is 1. The maximum atomic E-state index is 12.6. The van der Waals surface area contributed by atoms with Gasteiger partial charge < -0.3 is 24.1 Å². The highest BCUT2D eigenvalue weighted by atomic mass is 16.6. The van der Waals surface area contributed by atoms with Crippen molar-refractivity contribution in [1.29, 1.82) is 0 Å². The average molecular weight is 403 g/mol. The molecule has 2 heterocycles. The van der Waals surface area contributed by atoms with Gasteiger partial charge >= 0.3 is 11.9 Å². The molecule has 3 rings (SSSR count). The summed E-state index contributed by atoms with van der Waals surface area (Å²) in [5.41, 5.74) is 1.50. The van der Waals surface area contributed by atoms with Gasteiger partial charge in [-0.05, 0) is 38.8 Å². The minimum atomic E-state index is -1.45. The van der Waals surface area contributed by atoms with Gasteiger partial charge in [0.15, 0.2) is 5.58 Å². The molecule has 1 aromatic carbocycles. The molecule has 1 saturated heterocycles. The number of anilines is 1. The summed E-state index contributed by atoms with van der Waals surface area (Å²) in [6.07, 6.45) is 1.09. The third-order valence-corrected chi connectivity index (χ3v) is 4.75. The Kier molecular flexibility index (Phi) is 6.69. The first-order valence-electron chi connectivity index (χ1n) is 9.77.